The maximum Gasteiger partial charge on any atom is 0.214 e. The molecule has 4 rings (SSSR count). The van der Waals surface area contributed by atoms with Crippen LogP contribution in [-0.2, 0) is 14.8 Å². The molecule has 7 nitrogen and oxygen atoms in total. The second-order valence-corrected chi connectivity index (χ2v) is 9.22. The fraction of sp³-hybridized carbons (Fsp3) is 0.368. The molecule has 0 saturated carbocycles. The first-order valence-corrected chi connectivity index (χ1v) is 10.4. The molecule has 3 heterocycles. The lowest BCUT2D eigenvalue weighted by molar-refractivity contribution is 0.182. The van der Waals surface area contributed by atoms with Gasteiger partial charge in [-0.3, -0.25) is 4.98 Å². The Labute approximate surface area is 158 Å². The first kappa shape index (κ1) is 18.1. The van der Waals surface area contributed by atoms with E-state index in [-0.39, 0.29) is 17.7 Å². The van der Waals surface area contributed by atoms with Gasteiger partial charge in [0.15, 0.2) is 0 Å². The summed E-state index contributed by atoms with van der Waals surface area (Å²) in [6, 6.07) is 9.89. The summed E-state index contributed by atoms with van der Waals surface area (Å²) in [7, 11) is -0.178. The predicted octanol–water partition coefficient (Wildman–Crippen LogP) is 2.18. The van der Waals surface area contributed by atoms with Gasteiger partial charge in [-0.25, -0.2) is 17.7 Å². The number of benzene rings is 1. The largest absolute Gasteiger partial charge is 0.379 e. The molecule has 0 aliphatic carbocycles. The molecule has 0 bridgehead atoms. The van der Waals surface area contributed by atoms with Crippen molar-refractivity contribution in [3.8, 4) is 11.4 Å². The number of ether oxygens (including phenoxy) is 1. The van der Waals surface area contributed by atoms with Gasteiger partial charge >= 0.3 is 0 Å². The minimum atomic E-state index is -3.30. The van der Waals surface area contributed by atoms with Crippen LogP contribution in [0.15, 0.2) is 48.9 Å². The van der Waals surface area contributed by atoms with Gasteiger partial charge in [0.05, 0.1) is 30.5 Å². The van der Waals surface area contributed by atoms with E-state index in [4.69, 9.17) is 4.74 Å². The maximum absolute atomic E-state index is 12.3. The average molecular weight is 386 g/mol. The number of aromatic nitrogens is 3. The minimum Gasteiger partial charge on any atom is -0.379 e. The van der Waals surface area contributed by atoms with E-state index in [0.29, 0.717) is 13.2 Å². The van der Waals surface area contributed by atoms with Crippen molar-refractivity contribution in [3.05, 3.63) is 48.9 Å². The van der Waals surface area contributed by atoms with Gasteiger partial charge in [-0.2, -0.15) is 0 Å². The number of hydrogen-bond donors (Lipinski definition) is 0. The molecule has 3 aromatic rings. The third-order valence-electron chi connectivity index (χ3n) is 5.03. The van der Waals surface area contributed by atoms with E-state index < -0.39 is 10.0 Å². The molecule has 2 aromatic heterocycles. The van der Waals surface area contributed by atoms with E-state index in [1.54, 1.807) is 26.5 Å². The molecule has 2 atom stereocenters. The van der Waals surface area contributed by atoms with E-state index in [0.717, 1.165) is 22.3 Å². The molecule has 1 saturated heterocycles. The fourth-order valence-electron chi connectivity index (χ4n) is 3.49. The first-order valence-electron chi connectivity index (χ1n) is 8.81. The monoisotopic (exact) mass is 386 g/mol. The summed E-state index contributed by atoms with van der Waals surface area (Å²) in [6.07, 6.45) is 5.42. The van der Waals surface area contributed by atoms with Crippen molar-refractivity contribution in [3.63, 3.8) is 0 Å². The van der Waals surface area contributed by atoms with Gasteiger partial charge < -0.3 is 9.30 Å². The molecule has 0 spiro atoms. The minimum absolute atomic E-state index is 0.0595. The average Bonchev–Trinajstić information content (AvgIpc) is 3.29. The van der Waals surface area contributed by atoms with E-state index >= 15 is 0 Å². The topological polar surface area (TPSA) is 77.3 Å². The van der Waals surface area contributed by atoms with Crippen molar-refractivity contribution in [2.75, 3.05) is 33.1 Å². The number of imidazole rings is 1. The van der Waals surface area contributed by atoms with Crippen molar-refractivity contribution >= 4 is 20.9 Å². The Bertz CT molecular complexity index is 1060. The molecule has 1 aliphatic heterocycles. The van der Waals surface area contributed by atoms with Crippen LogP contribution in [0.5, 0.6) is 0 Å². The van der Waals surface area contributed by atoms with Crippen molar-refractivity contribution in [1.82, 2.24) is 18.8 Å². The molecule has 0 radical (unpaired) electrons. The smallest absolute Gasteiger partial charge is 0.214 e. The summed E-state index contributed by atoms with van der Waals surface area (Å²) in [5.41, 5.74) is 1.90. The highest BCUT2D eigenvalue weighted by Gasteiger charge is 2.35. The van der Waals surface area contributed by atoms with Gasteiger partial charge in [0, 0.05) is 49.6 Å². The summed E-state index contributed by atoms with van der Waals surface area (Å²) in [5.74, 6) is 0.750. The van der Waals surface area contributed by atoms with Gasteiger partial charge in [-0.05, 0) is 24.3 Å². The number of nitrogens with zero attached hydrogens (tertiary/aromatic N) is 4. The van der Waals surface area contributed by atoms with Crippen LogP contribution in [0.4, 0.5) is 0 Å². The molecule has 1 aromatic carbocycles. The second kappa shape index (κ2) is 7.03. The van der Waals surface area contributed by atoms with Crippen molar-refractivity contribution < 1.29 is 13.2 Å². The van der Waals surface area contributed by atoms with Crippen LogP contribution < -0.4 is 0 Å². The molecule has 0 N–H and O–H groups in total. The molecular weight excluding hydrogens is 364 g/mol. The predicted molar refractivity (Wildman–Crippen MR) is 104 cm³/mol. The van der Waals surface area contributed by atoms with E-state index in [1.165, 1.54) is 4.31 Å². The lowest BCUT2D eigenvalue weighted by Gasteiger charge is -2.22. The number of pyridine rings is 1. The number of rotatable bonds is 5. The summed E-state index contributed by atoms with van der Waals surface area (Å²) in [5, 5.41) is 1.04. The van der Waals surface area contributed by atoms with Gasteiger partial charge in [-0.15, -0.1) is 0 Å². The van der Waals surface area contributed by atoms with E-state index in [1.807, 2.05) is 35.0 Å². The Morgan fingerprint density at radius 1 is 1.19 bits per heavy atom. The van der Waals surface area contributed by atoms with Crippen LogP contribution in [0.1, 0.15) is 6.04 Å². The van der Waals surface area contributed by atoms with Gasteiger partial charge in [0.25, 0.3) is 0 Å². The summed E-state index contributed by atoms with van der Waals surface area (Å²) in [4.78, 5) is 8.88. The van der Waals surface area contributed by atoms with Crippen molar-refractivity contribution in [1.29, 1.82) is 0 Å². The standard InChI is InChI=1S/C19H22N4O3S/c1-22(2)27(24,25)13-16-11-26-12-18(16)23-9-8-21-19(23)15-5-6-17-14(10-15)4-3-7-20-17/h3-10,16,18H,11-13H2,1-2H3/t16-,18+/m0/s1. The molecule has 1 aliphatic rings. The Morgan fingerprint density at radius 3 is 2.85 bits per heavy atom. The van der Waals surface area contributed by atoms with Gasteiger partial charge in [0.2, 0.25) is 10.0 Å². The Balaban J connectivity index is 1.68. The summed E-state index contributed by atoms with van der Waals surface area (Å²) >= 11 is 0. The Hall–Kier alpha value is -2.29. The highest BCUT2D eigenvalue weighted by Crippen LogP contribution is 2.32. The number of sulfonamides is 1. The zero-order chi connectivity index (χ0) is 19.0. The molecule has 0 amide bonds. The normalized spacial score (nSPS) is 20.6. The molecule has 27 heavy (non-hydrogen) atoms. The van der Waals surface area contributed by atoms with Crippen LogP contribution in [0.3, 0.4) is 0 Å². The molecule has 1 fully saturated rings. The molecule has 142 valence electrons. The third-order valence-corrected chi connectivity index (χ3v) is 6.99. The number of fused-ring (bicyclic) bond motifs is 1. The van der Waals surface area contributed by atoms with Crippen LogP contribution >= 0.6 is 0 Å². The molecular formula is C19H22N4O3S. The highest BCUT2D eigenvalue weighted by molar-refractivity contribution is 7.89. The summed E-state index contributed by atoms with van der Waals surface area (Å²) in [6.45, 7) is 0.906. The second-order valence-electron chi connectivity index (χ2n) is 6.99. The number of hydrogen-bond acceptors (Lipinski definition) is 5. The lowest BCUT2D eigenvalue weighted by atomic mass is 10.0. The van der Waals surface area contributed by atoms with E-state index in [2.05, 4.69) is 16.0 Å². The lowest BCUT2D eigenvalue weighted by Crippen LogP contribution is -2.32. The Kier molecular flexibility index (Phi) is 4.71. The van der Waals surface area contributed by atoms with Crippen molar-refractivity contribution in [2.24, 2.45) is 5.92 Å². The van der Waals surface area contributed by atoms with Gasteiger partial charge in [0.1, 0.15) is 5.82 Å². The maximum atomic E-state index is 12.3. The fourth-order valence-corrected chi connectivity index (χ4v) is 4.65. The van der Waals surface area contributed by atoms with Crippen LogP contribution in [0.25, 0.3) is 22.3 Å². The van der Waals surface area contributed by atoms with Crippen LogP contribution in [-0.4, -0.2) is 60.3 Å². The third kappa shape index (κ3) is 3.47. The van der Waals surface area contributed by atoms with Crippen molar-refractivity contribution in [2.45, 2.75) is 6.04 Å². The highest BCUT2D eigenvalue weighted by atomic mass is 32.2. The Morgan fingerprint density at radius 2 is 2.04 bits per heavy atom. The quantitative estimate of drug-likeness (QED) is 0.672. The van der Waals surface area contributed by atoms with Gasteiger partial charge in [-0.1, -0.05) is 6.07 Å². The first-order chi connectivity index (χ1) is 13.0. The zero-order valence-corrected chi connectivity index (χ0v) is 16.1. The molecule has 8 heteroatoms. The SMILES string of the molecule is CN(C)S(=O)(=O)C[C@@H]1COC[C@H]1n1ccnc1-c1ccc2ncccc2c1. The van der Waals surface area contributed by atoms with Crippen LogP contribution in [0.2, 0.25) is 0 Å². The molecule has 0 unspecified atom stereocenters. The van der Waals surface area contributed by atoms with E-state index in [9.17, 15) is 8.42 Å². The zero-order valence-electron chi connectivity index (χ0n) is 15.3. The van der Waals surface area contributed by atoms with Crippen LogP contribution in [0, 0.1) is 5.92 Å². The summed E-state index contributed by atoms with van der Waals surface area (Å²) < 4.78 is 33.6.